The van der Waals surface area contributed by atoms with Gasteiger partial charge in [0.2, 0.25) is 0 Å². The SMILES string of the molecule is OC1(c2ccc[nH]2)CC2CCC1CC2. The van der Waals surface area contributed by atoms with Crippen LogP contribution in [0.15, 0.2) is 18.3 Å². The first-order valence-electron chi connectivity index (χ1n) is 5.65. The van der Waals surface area contributed by atoms with Gasteiger partial charge in [0, 0.05) is 11.9 Å². The van der Waals surface area contributed by atoms with Crippen LogP contribution in [0, 0.1) is 11.8 Å². The van der Waals surface area contributed by atoms with E-state index in [1.165, 1.54) is 25.7 Å². The quantitative estimate of drug-likeness (QED) is 0.702. The van der Waals surface area contributed by atoms with Gasteiger partial charge in [-0.2, -0.15) is 0 Å². The number of hydrogen-bond acceptors (Lipinski definition) is 1. The maximum Gasteiger partial charge on any atom is 0.107 e. The molecule has 2 N–H and O–H groups in total. The van der Waals surface area contributed by atoms with Gasteiger partial charge < -0.3 is 10.1 Å². The minimum Gasteiger partial charge on any atom is -0.383 e. The van der Waals surface area contributed by atoms with Crippen molar-refractivity contribution in [1.29, 1.82) is 0 Å². The second kappa shape index (κ2) is 2.86. The van der Waals surface area contributed by atoms with Crippen molar-refractivity contribution in [1.82, 2.24) is 4.98 Å². The Morgan fingerprint density at radius 2 is 2.07 bits per heavy atom. The fraction of sp³-hybridized carbons (Fsp3) is 0.667. The van der Waals surface area contributed by atoms with Gasteiger partial charge in [-0.1, -0.05) is 0 Å². The molecular weight excluding hydrogens is 174 g/mol. The maximum absolute atomic E-state index is 10.7. The molecule has 0 saturated heterocycles. The zero-order valence-corrected chi connectivity index (χ0v) is 8.37. The van der Waals surface area contributed by atoms with E-state index in [4.69, 9.17) is 0 Å². The van der Waals surface area contributed by atoms with Crippen LogP contribution in [-0.2, 0) is 5.60 Å². The first kappa shape index (κ1) is 8.54. The summed E-state index contributed by atoms with van der Waals surface area (Å²) in [6, 6.07) is 4.01. The van der Waals surface area contributed by atoms with E-state index in [1.54, 1.807) is 0 Å². The molecule has 4 rings (SSSR count). The van der Waals surface area contributed by atoms with E-state index < -0.39 is 5.60 Å². The highest BCUT2D eigenvalue weighted by Crippen LogP contribution is 2.51. The summed E-state index contributed by atoms with van der Waals surface area (Å²) in [5, 5.41) is 10.7. The van der Waals surface area contributed by atoms with Crippen LogP contribution in [0.25, 0.3) is 0 Å². The van der Waals surface area contributed by atoms with Gasteiger partial charge in [-0.05, 0) is 56.1 Å². The van der Waals surface area contributed by atoms with Crippen molar-refractivity contribution in [3.05, 3.63) is 24.0 Å². The van der Waals surface area contributed by atoms with Crippen molar-refractivity contribution in [3.63, 3.8) is 0 Å². The number of hydrogen-bond donors (Lipinski definition) is 2. The van der Waals surface area contributed by atoms with Gasteiger partial charge in [-0.3, -0.25) is 0 Å². The summed E-state index contributed by atoms with van der Waals surface area (Å²) in [5.74, 6) is 1.25. The van der Waals surface area contributed by atoms with Gasteiger partial charge in [0.25, 0.3) is 0 Å². The first-order chi connectivity index (χ1) is 6.79. The number of H-pyrrole nitrogens is 1. The fourth-order valence-electron chi connectivity index (χ4n) is 3.38. The Balaban J connectivity index is 1.96. The highest BCUT2D eigenvalue weighted by molar-refractivity contribution is 5.17. The van der Waals surface area contributed by atoms with Crippen molar-refractivity contribution in [2.45, 2.75) is 37.7 Å². The molecule has 2 nitrogen and oxygen atoms in total. The van der Waals surface area contributed by atoms with Gasteiger partial charge in [0.05, 0.1) is 0 Å². The Hall–Kier alpha value is -0.760. The molecule has 3 saturated carbocycles. The second-order valence-electron chi connectivity index (χ2n) is 4.93. The monoisotopic (exact) mass is 191 g/mol. The average molecular weight is 191 g/mol. The lowest BCUT2D eigenvalue weighted by Gasteiger charge is -2.48. The van der Waals surface area contributed by atoms with Crippen LogP contribution in [-0.4, -0.2) is 10.1 Å². The van der Waals surface area contributed by atoms with Crippen LogP contribution in [0.5, 0.6) is 0 Å². The molecule has 14 heavy (non-hydrogen) atoms. The van der Waals surface area contributed by atoms with Crippen LogP contribution >= 0.6 is 0 Å². The van der Waals surface area contributed by atoms with Gasteiger partial charge in [-0.15, -0.1) is 0 Å². The van der Waals surface area contributed by atoms with Gasteiger partial charge in [0.1, 0.15) is 5.60 Å². The van der Waals surface area contributed by atoms with E-state index >= 15 is 0 Å². The number of aliphatic hydroxyl groups is 1. The number of aromatic nitrogens is 1. The summed E-state index contributed by atoms with van der Waals surface area (Å²) in [4.78, 5) is 3.18. The average Bonchev–Trinajstić information content (AvgIpc) is 2.72. The smallest absolute Gasteiger partial charge is 0.107 e. The molecular formula is C12H17NO. The molecule has 0 spiro atoms. The normalized spacial score (nSPS) is 41.5. The van der Waals surface area contributed by atoms with Crippen molar-refractivity contribution >= 4 is 0 Å². The maximum atomic E-state index is 10.7. The van der Waals surface area contributed by atoms with E-state index in [-0.39, 0.29) is 0 Å². The standard InChI is InChI=1S/C12H17NO/c14-12(11-2-1-7-13-11)8-9-3-5-10(12)6-4-9/h1-2,7,9-10,13-14H,3-6,8H2. The zero-order chi connectivity index (χ0) is 9.60. The molecule has 0 amide bonds. The predicted molar refractivity (Wildman–Crippen MR) is 54.8 cm³/mol. The molecule has 3 aliphatic carbocycles. The molecule has 0 aliphatic heterocycles. The summed E-state index contributed by atoms with van der Waals surface area (Å²) in [6.07, 6.45) is 7.95. The minimum absolute atomic E-state index is 0.492. The van der Waals surface area contributed by atoms with Gasteiger partial charge >= 0.3 is 0 Å². The summed E-state index contributed by atoms with van der Waals surface area (Å²) >= 11 is 0. The molecule has 0 radical (unpaired) electrons. The Morgan fingerprint density at radius 1 is 1.29 bits per heavy atom. The van der Waals surface area contributed by atoms with Crippen LogP contribution in [0.1, 0.15) is 37.8 Å². The number of nitrogens with one attached hydrogen (secondary N) is 1. The van der Waals surface area contributed by atoms with E-state index in [9.17, 15) is 5.11 Å². The molecule has 1 unspecified atom stereocenters. The molecule has 1 heterocycles. The van der Waals surface area contributed by atoms with Gasteiger partial charge in [0.15, 0.2) is 0 Å². The number of fused-ring (bicyclic) bond motifs is 3. The summed E-state index contributed by atoms with van der Waals surface area (Å²) in [5.41, 5.74) is 0.497. The summed E-state index contributed by atoms with van der Waals surface area (Å²) in [7, 11) is 0. The lowest BCUT2D eigenvalue weighted by molar-refractivity contribution is -0.106. The van der Waals surface area contributed by atoms with E-state index in [0.717, 1.165) is 18.0 Å². The van der Waals surface area contributed by atoms with Crippen molar-refractivity contribution in [3.8, 4) is 0 Å². The largest absolute Gasteiger partial charge is 0.383 e. The molecule has 1 aromatic rings. The number of rotatable bonds is 1. The highest BCUT2D eigenvalue weighted by Gasteiger charge is 2.47. The van der Waals surface area contributed by atoms with Crippen molar-refractivity contribution in [2.75, 3.05) is 0 Å². The lowest BCUT2D eigenvalue weighted by atomic mass is 9.61. The van der Waals surface area contributed by atoms with Crippen molar-refractivity contribution in [2.24, 2.45) is 11.8 Å². The highest BCUT2D eigenvalue weighted by atomic mass is 16.3. The van der Waals surface area contributed by atoms with E-state index in [2.05, 4.69) is 4.98 Å². The Labute approximate surface area is 84.3 Å². The topological polar surface area (TPSA) is 36.0 Å². The van der Waals surface area contributed by atoms with E-state index in [1.807, 2.05) is 18.3 Å². The summed E-state index contributed by atoms with van der Waals surface area (Å²) < 4.78 is 0. The number of aromatic amines is 1. The van der Waals surface area contributed by atoms with Gasteiger partial charge in [-0.25, -0.2) is 0 Å². The third kappa shape index (κ3) is 1.07. The Morgan fingerprint density at radius 3 is 2.57 bits per heavy atom. The second-order valence-corrected chi connectivity index (χ2v) is 4.93. The molecule has 1 atom stereocenters. The molecule has 0 aromatic carbocycles. The fourth-order valence-corrected chi connectivity index (χ4v) is 3.38. The van der Waals surface area contributed by atoms with Crippen LogP contribution in [0.4, 0.5) is 0 Å². The molecule has 2 heteroatoms. The predicted octanol–water partition coefficient (Wildman–Crippen LogP) is 2.41. The van der Waals surface area contributed by atoms with E-state index in [0.29, 0.717) is 5.92 Å². The molecule has 76 valence electrons. The molecule has 3 aliphatic rings. The molecule has 3 fully saturated rings. The third-order valence-electron chi connectivity index (χ3n) is 4.19. The Kier molecular flexibility index (Phi) is 1.75. The van der Waals surface area contributed by atoms with Crippen molar-refractivity contribution < 1.29 is 5.11 Å². The summed E-state index contributed by atoms with van der Waals surface area (Å²) in [6.45, 7) is 0. The first-order valence-corrected chi connectivity index (χ1v) is 5.65. The molecule has 1 aromatic heterocycles. The van der Waals surface area contributed by atoms with Crippen LogP contribution < -0.4 is 0 Å². The van der Waals surface area contributed by atoms with Crippen LogP contribution in [0.2, 0.25) is 0 Å². The third-order valence-corrected chi connectivity index (χ3v) is 4.19. The minimum atomic E-state index is -0.537. The van der Waals surface area contributed by atoms with Crippen LogP contribution in [0.3, 0.4) is 0 Å². The Bertz CT molecular complexity index is 311. The molecule has 2 bridgehead atoms. The lowest BCUT2D eigenvalue weighted by Crippen LogP contribution is -2.45. The zero-order valence-electron chi connectivity index (χ0n) is 8.37.